The quantitative estimate of drug-likeness (QED) is 0.888. The van der Waals surface area contributed by atoms with Gasteiger partial charge in [-0.1, -0.05) is 42.8 Å². The van der Waals surface area contributed by atoms with Crippen LogP contribution in [-0.4, -0.2) is 23.0 Å². The lowest BCUT2D eigenvalue weighted by molar-refractivity contribution is 0.0697. The zero-order valence-electron chi connectivity index (χ0n) is 13.9. The number of carbonyl (C=O) groups excluding carboxylic acids is 1. The summed E-state index contributed by atoms with van der Waals surface area (Å²) in [6.45, 7) is 0. The van der Waals surface area contributed by atoms with Gasteiger partial charge in [0.25, 0.3) is 5.91 Å². The van der Waals surface area contributed by atoms with Crippen LogP contribution in [0.15, 0.2) is 48.5 Å². The van der Waals surface area contributed by atoms with Gasteiger partial charge in [-0.15, -0.1) is 0 Å². The highest BCUT2D eigenvalue weighted by Gasteiger charge is 2.40. The first-order chi connectivity index (χ1) is 12.1. The standard InChI is InChI=1S/C21H21NO3/c23-20(22-19-12-13-9-10-14(19)11-13)17-7-3-1-5-15(17)16-6-2-4-8-18(16)21(24)25/h1-8,13-14,19H,9-12H2,(H,22,23)(H,24,25). The maximum Gasteiger partial charge on any atom is 0.336 e. The number of nitrogens with one attached hydrogen (secondary N) is 1. The summed E-state index contributed by atoms with van der Waals surface area (Å²) in [5, 5.41) is 12.7. The third-order valence-electron chi connectivity index (χ3n) is 5.67. The van der Waals surface area contributed by atoms with Gasteiger partial charge in [0.2, 0.25) is 0 Å². The van der Waals surface area contributed by atoms with Crippen molar-refractivity contribution in [3.8, 4) is 11.1 Å². The third-order valence-corrected chi connectivity index (χ3v) is 5.67. The first-order valence-corrected chi connectivity index (χ1v) is 8.86. The largest absolute Gasteiger partial charge is 0.478 e. The molecule has 0 saturated heterocycles. The van der Waals surface area contributed by atoms with Gasteiger partial charge in [0.15, 0.2) is 0 Å². The van der Waals surface area contributed by atoms with Crippen LogP contribution >= 0.6 is 0 Å². The average Bonchev–Trinajstić information content (AvgIpc) is 3.24. The van der Waals surface area contributed by atoms with Crippen molar-refractivity contribution in [2.45, 2.75) is 31.7 Å². The van der Waals surface area contributed by atoms with E-state index >= 15 is 0 Å². The molecule has 0 aliphatic heterocycles. The van der Waals surface area contributed by atoms with E-state index < -0.39 is 5.97 Å². The van der Waals surface area contributed by atoms with Crippen molar-refractivity contribution < 1.29 is 14.7 Å². The molecule has 2 aromatic carbocycles. The molecule has 2 aliphatic rings. The molecule has 1 amide bonds. The lowest BCUT2D eigenvalue weighted by Gasteiger charge is -2.23. The smallest absolute Gasteiger partial charge is 0.336 e. The maximum atomic E-state index is 12.9. The topological polar surface area (TPSA) is 66.4 Å². The molecule has 4 heteroatoms. The molecule has 3 unspecified atom stereocenters. The van der Waals surface area contributed by atoms with Crippen molar-refractivity contribution in [1.29, 1.82) is 0 Å². The number of fused-ring (bicyclic) bond motifs is 2. The molecule has 2 bridgehead atoms. The monoisotopic (exact) mass is 335 g/mol. The molecule has 2 N–H and O–H groups in total. The number of carboxylic acid groups (broad SMARTS) is 1. The second-order valence-corrected chi connectivity index (χ2v) is 7.15. The van der Waals surface area contributed by atoms with Gasteiger partial charge in [-0.05, 0) is 54.4 Å². The fraction of sp³-hybridized carbons (Fsp3) is 0.333. The van der Waals surface area contributed by atoms with Crippen LogP contribution in [0.1, 0.15) is 46.4 Å². The van der Waals surface area contributed by atoms with Gasteiger partial charge in [0.1, 0.15) is 0 Å². The number of benzene rings is 2. The number of hydrogen-bond acceptors (Lipinski definition) is 2. The van der Waals surface area contributed by atoms with Crippen molar-refractivity contribution in [1.82, 2.24) is 5.32 Å². The summed E-state index contributed by atoms with van der Waals surface area (Å²) in [6, 6.07) is 14.3. The van der Waals surface area contributed by atoms with Gasteiger partial charge in [-0.3, -0.25) is 4.79 Å². The highest BCUT2D eigenvalue weighted by Crippen LogP contribution is 2.44. The summed E-state index contributed by atoms with van der Waals surface area (Å²) in [4.78, 5) is 24.4. The van der Waals surface area contributed by atoms with Gasteiger partial charge in [0.05, 0.1) is 5.56 Å². The van der Waals surface area contributed by atoms with E-state index in [-0.39, 0.29) is 17.5 Å². The van der Waals surface area contributed by atoms with E-state index in [2.05, 4.69) is 5.32 Å². The zero-order chi connectivity index (χ0) is 17.4. The Morgan fingerprint density at radius 2 is 1.52 bits per heavy atom. The fourth-order valence-corrected chi connectivity index (χ4v) is 4.49. The molecule has 2 saturated carbocycles. The molecule has 2 aromatic rings. The predicted octanol–water partition coefficient (Wildman–Crippen LogP) is 3.97. The summed E-state index contributed by atoms with van der Waals surface area (Å²) in [6.07, 6.45) is 4.80. The van der Waals surface area contributed by atoms with Crippen LogP contribution < -0.4 is 5.32 Å². The van der Waals surface area contributed by atoms with Gasteiger partial charge >= 0.3 is 5.97 Å². The van der Waals surface area contributed by atoms with Crippen molar-refractivity contribution in [2.75, 3.05) is 0 Å². The number of carboxylic acids is 1. The molecule has 0 aromatic heterocycles. The Morgan fingerprint density at radius 3 is 2.12 bits per heavy atom. The van der Waals surface area contributed by atoms with Crippen LogP contribution in [-0.2, 0) is 0 Å². The lowest BCUT2D eigenvalue weighted by Crippen LogP contribution is -2.38. The highest BCUT2D eigenvalue weighted by molar-refractivity contribution is 6.04. The van der Waals surface area contributed by atoms with Gasteiger partial charge < -0.3 is 10.4 Å². The van der Waals surface area contributed by atoms with E-state index in [1.807, 2.05) is 18.2 Å². The number of rotatable bonds is 4. The number of amides is 1. The van der Waals surface area contributed by atoms with Crippen molar-refractivity contribution in [3.63, 3.8) is 0 Å². The Balaban J connectivity index is 1.65. The SMILES string of the molecule is O=C(O)c1ccccc1-c1ccccc1C(=O)NC1CC2CCC1C2. The van der Waals surface area contributed by atoms with E-state index in [1.54, 1.807) is 30.3 Å². The molecule has 0 heterocycles. The average molecular weight is 335 g/mol. The van der Waals surface area contributed by atoms with E-state index in [9.17, 15) is 14.7 Å². The Kier molecular flexibility index (Phi) is 4.04. The summed E-state index contributed by atoms with van der Waals surface area (Å²) in [7, 11) is 0. The number of hydrogen-bond donors (Lipinski definition) is 2. The zero-order valence-corrected chi connectivity index (χ0v) is 13.9. The Labute approximate surface area is 146 Å². The van der Waals surface area contributed by atoms with Crippen LogP contribution in [0.3, 0.4) is 0 Å². The first-order valence-electron chi connectivity index (χ1n) is 8.86. The summed E-state index contributed by atoms with van der Waals surface area (Å²) in [5.74, 6) is 0.276. The molecule has 0 spiro atoms. The molecular formula is C21H21NO3. The van der Waals surface area contributed by atoms with Crippen molar-refractivity contribution >= 4 is 11.9 Å². The van der Waals surface area contributed by atoms with Gasteiger partial charge in [-0.25, -0.2) is 4.79 Å². The minimum absolute atomic E-state index is 0.103. The van der Waals surface area contributed by atoms with E-state index in [0.717, 1.165) is 12.3 Å². The predicted molar refractivity (Wildman–Crippen MR) is 95.5 cm³/mol. The lowest BCUT2D eigenvalue weighted by atomic mass is 9.93. The van der Waals surface area contributed by atoms with Crippen LogP contribution in [0.25, 0.3) is 11.1 Å². The van der Waals surface area contributed by atoms with E-state index in [4.69, 9.17) is 0 Å². The molecule has 4 rings (SSSR count). The van der Waals surface area contributed by atoms with Gasteiger partial charge in [0, 0.05) is 11.6 Å². The second-order valence-electron chi connectivity index (χ2n) is 7.15. The van der Waals surface area contributed by atoms with Crippen molar-refractivity contribution in [2.24, 2.45) is 11.8 Å². The normalized spacial score (nSPS) is 24.2. The summed E-state index contributed by atoms with van der Waals surface area (Å²) < 4.78 is 0. The van der Waals surface area contributed by atoms with Crippen LogP contribution in [0.5, 0.6) is 0 Å². The minimum Gasteiger partial charge on any atom is -0.478 e. The van der Waals surface area contributed by atoms with E-state index in [1.165, 1.54) is 19.3 Å². The van der Waals surface area contributed by atoms with Gasteiger partial charge in [-0.2, -0.15) is 0 Å². The van der Waals surface area contributed by atoms with Crippen LogP contribution in [0.4, 0.5) is 0 Å². The molecular weight excluding hydrogens is 314 g/mol. The summed E-state index contributed by atoms with van der Waals surface area (Å²) >= 11 is 0. The number of carbonyl (C=O) groups is 2. The van der Waals surface area contributed by atoms with Crippen LogP contribution in [0, 0.1) is 11.8 Å². The second kappa shape index (κ2) is 6.36. The number of aromatic carboxylic acids is 1. The van der Waals surface area contributed by atoms with Crippen molar-refractivity contribution in [3.05, 3.63) is 59.7 Å². The maximum absolute atomic E-state index is 12.9. The highest BCUT2D eigenvalue weighted by atomic mass is 16.4. The molecule has 2 fully saturated rings. The molecule has 25 heavy (non-hydrogen) atoms. The molecule has 3 atom stereocenters. The first kappa shape index (κ1) is 15.9. The molecule has 4 nitrogen and oxygen atoms in total. The summed E-state index contributed by atoms with van der Waals surface area (Å²) in [5.41, 5.74) is 2.00. The Morgan fingerprint density at radius 1 is 0.880 bits per heavy atom. The molecule has 2 aliphatic carbocycles. The van der Waals surface area contributed by atoms with Crippen LogP contribution in [0.2, 0.25) is 0 Å². The molecule has 128 valence electrons. The fourth-order valence-electron chi connectivity index (χ4n) is 4.49. The Bertz CT molecular complexity index is 829. The Hall–Kier alpha value is -2.62. The molecule has 0 radical (unpaired) electrons. The minimum atomic E-state index is -0.987. The van der Waals surface area contributed by atoms with E-state index in [0.29, 0.717) is 22.6 Å². The third kappa shape index (κ3) is 2.93.